The van der Waals surface area contributed by atoms with Gasteiger partial charge in [-0.15, -0.1) is 0 Å². The van der Waals surface area contributed by atoms with Gasteiger partial charge in [0.1, 0.15) is 18.1 Å². The number of benzene rings is 2. The Kier molecular flexibility index (Phi) is 6.13. The highest BCUT2D eigenvalue weighted by atomic mass is 32.2. The average Bonchev–Trinajstić information content (AvgIpc) is 2.73. The second-order valence-electron chi connectivity index (χ2n) is 6.29. The maximum absolute atomic E-state index is 13.3. The van der Waals surface area contributed by atoms with E-state index in [2.05, 4.69) is 10.3 Å². The Balaban J connectivity index is 1.94. The highest BCUT2D eigenvalue weighted by Gasteiger charge is 2.27. The van der Waals surface area contributed by atoms with Crippen LogP contribution in [0.5, 0.6) is 5.75 Å². The topological polar surface area (TPSA) is 88.6 Å². The van der Waals surface area contributed by atoms with Crippen LogP contribution in [0.1, 0.15) is 5.56 Å². The summed E-state index contributed by atoms with van der Waals surface area (Å²) in [5, 5.41) is 2.62. The Hall–Kier alpha value is -3.39. The van der Waals surface area contributed by atoms with E-state index in [9.17, 15) is 13.2 Å². The van der Waals surface area contributed by atoms with Crippen LogP contribution < -0.4 is 14.4 Å². The molecule has 0 aliphatic carbocycles. The number of aromatic nitrogens is 1. The fourth-order valence-corrected chi connectivity index (χ4v) is 4.07. The van der Waals surface area contributed by atoms with Gasteiger partial charge in [-0.2, -0.15) is 0 Å². The van der Waals surface area contributed by atoms with Gasteiger partial charge < -0.3 is 10.1 Å². The first kappa shape index (κ1) is 20.3. The van der Waals surface area contributed by atoms with Gasteiger partial charge in [-0.1, -0.05) is 23.8 Å². The molecule has 2 aromatic carbocycles. The summed E-state index contributed by atoms with van der Waals surface area (Å²) in [6, 6.07) is 18.0. The van der Waals surface area contributed by atoms with E-state index >= 15 is 0 Å². The third kappa shape index (κ3) is 4.91. The van der Waals surface area contributed by atoms with Crippen molar-refractivity contribution >= 4 is 27.4 Å². The first-order chi connectivity index (χ1) is 13.9. The number of carbonyl (C=O) groups is 1. The molecule has 1 amide bonds. The van der Waals surface area contributed by atoms with E-state index in [1.807, 2.05) is 6.92 Å². The molecule has 0 saturated carbocycles. The normalized spacial score (nSPS) is 11.0. The molecule has 0 aliphatic rings. The molecular weight excluding hydrogens is 390 g/mol. The van der Waals surface area contributed by atoms with E-state index in [0.29, 0.717) is 17.3 Å². The number of nitrogens with one attached hydrogen (secondary N) is 1. The molecule has 1 heterocycles. The third-order valence-electron chi connectivity index (χ3n) is 4.19. The first-order valence-electron chi connectivity index (χ1n) is 8.84. The minimum absolute atomic E-state index is 0.101. The van der Waals surface area contributed by atoms with Gasteiger partial charge in [-0.25, -0.2) is 13.4 Å². The minimum Gasteiger partial charge on any atom is -0.497 e. The maximum atomic E-state index is 13.3. The van der Waals surface area contributed by atoms with Crippen molar-refractivity contribution in [2.75, 3.05) is 23.3 Å². The summed E-state index contributed by atoms with van der Waals surface area (Å²) in [7, 11) is -2.44. The van der Waals surface area contributed by atoms with Gasteiger partial charge in [-0.05, 0) is 55.5 Å². The average molecular weight is 411 g/mol. The number of aryl methyl sites for hydroxylation is 1. The Labute approximate surface area is 170 Å². The van der Waals surface area contributed by atoms with Crippen LogP contribution in [0.2, 0.25) is 0 Å². The molecule has 8 heteroatoms. The smallest absolute Gasteiger partial charge is 0.264 e. The molecule has 0 spiro atoms. The van der Waals surface area contributed by atoms with Crippen LogP contribution in [0, 0.1) is 6.92 Å². The molecule has 3 aromatic rings. The second-order valence-corrected chi connectivity index (χ2v) is 8.15. The number of pyridine rings is 1. The Bertz CT molecular complexity index is 1070. The lowest BCUT2D eigenvalue weighted by Gasteiger charge is -2.24. The molecule has 0 saturated heterocycles. The highest BCUT2D eigenvalue weighted by molar-refractivity contribution is 7.92. The van der Waals surface area contributed by atoms with Crippen molar-refractivity contribution in [3.63, 3.8) is 0 Å². The van der Waals surface area contributed by atoms with Crippen molar-refractivity contribution in [2.24, 2.45) is 0 Å². The number of sulfonamides is 1. The number of anilines is 2. The molecule has 1 N–H and O–H groups in total. The number of methoxy groups -OCH3 is 1. The zero-order chi connectivity index (χ0) is 20.9. The summed E-state index contributed by atoms with van der Waals surface area (Å²) in [4.78, 5) is 16.7. The third-order valence-corrected chi connectivity index (χ3v) is 5.98. The molecular formula is C21H21N3O4S. The number of hydrogen-bond donors (Lipinski definition) is 1. The van der Waals surface area contributed by atoms with Crippen LogP contribution in [0.15, 0.2) is 77.8 Å². The molecule has 0 unspecified atom stereocenters. The Morgan fingerprint density at radius 1 is 1.03 bits per heavy atom. The molecule has 0 atom stereocenters. The largest absolute Gasteiger partial charge is 0.497 e. The lowest BCUT2D eigenvalue weighted by atomic mass is 10.2. The van der Waals surface area contributed by atoms with Crippen LogP contribution in [-0.4, -0.2) is 33.0 Å². The molecule has 0 bridgehead atoms. The van der Waals surface area contributed by atoms with E-state index < -0.39 is 22.5 Å². The molecule has 7 nitrogen and oxygen atoms in total. The van der Waals surface area contributed by atoms with Gasteiger partial charge in [0.05, 0.1) is 17.7 Å². The minimum atomic E-state index is -3.97. The number of hydrogen-bond acceptors (Lipinski definition) is 5. The zero-order valence-corrected chi connectivity index (χ0v) is 16.9. The summed E-state index contributed by atoms with van der Waals surface area (Å²) in [6.45, 7) is 1.47. The number of rotatable bonds is 7. The van der Waals surface area contributed by atoms with E-state index in [-0.39, 0.29) is 4.90 Å². The predicted octanol–water partition coefficient (Wildman–Crippen LogP) is 3.23. The summed E-state index contributed by atoms with van der Waals surface area (Å²) in [5.41, 5.74) is 1.29. The van der Waals surface area contributed by atoms with Gasteiger partial charge in [0.15, 0.2) is 0 Å². The van der Waals surface area contributed by atoms with Crippen molar-refractivity contribution in [1.29, 1.82) is 0 Å². The quantitative estimate of drug-likeness (QED) is 0.645. The van der Waals surface area contributed by atoms with Crippen LogP contribution in [0.4, 0.5) is 11.5 Å². The van der Waals surface area contributed by atoms with Gasteiger partial charge in [0.25, 0.3) is 10.0 Å². The second kappa shape index (κ2) is 8.74. The van der Waals surface area contributed by atoms with Gasteiger partial charge in [-0.3, -0.25) is 9.10 Å². The van der Waals surface area contributed by atoms with Crippen molar-refractivity contribution in [2.45, 2.75) is 11.8 Å². The van der Waals surface area contributed by atoms with Gasteiger partial charge in [0.2, 0.25) is 5.91 Å². The monoisotopic (exact) mass is 411 g/mol. The molecule has 0 fully saturated rings. The molecule has 1 aromatic heterocycles. The summed E-state index contributed by atoms with van der Waals surface area (Å²) >= 11 is 0. The summed E-state index contributed by atoms with van der Waals surface area (Å²) in [6.07, 6.45) is 1.54. The lowest BCUT2D eigenvalue weighted by molar-refractivity contribution is -0.114. The molecule has 0 radical (unpaired) electrons. The maximum Gasteiger partial charge on any atom is 0.264 e. The van der Waals surface area contributed by atoms with Gasteiger partial charge >= 0.3 is 0 Å². The molecule has 0 aliphatic heterocycles. The number of amides is 1. The van der Waals surface area contributed by atoms with Crippen molar-refractivity contribution in [3.8, 4) is 5.75 Å². The Morgan fingerprint density at radius 3 is 2.31 bits per heavy atom. The molecule has 29 heavy (non-hydrogen) atoms. The van der Waals surface area contributed by atoms with Crippen LogP contribution in [0.25, 0.3) is 0 Å². The van der Waals surface area contributed by atoms with Crippen LogP contribution in [0.3, 0.4) is 0 Å². The van der Waals surface area contributed by atoms with Crippen molar-refractivity contribution in [1.82, 2.24) is 4.98 Å². The Morgan fingerprint density at radius 2 is 1.72 bits per heavy atom. The number of carbonyl (C=O) groups excluding carboxylic acids is 1. The fraction of sp³-hybridized carbons (Fsp3) is 0.143. The van der Waals surface area contributed by atoms with E-state index in [1.165, 1.54) is 19.2 Å². The van der Waals surface area contributed by atoms with Crippen LogP contribution >= 0.6 is 0 Å². The predicted molar refractivity (Wildman–Crippen MR) is 112 cm³/mol. The zero-order valence-electron chi connectivity index (χ0n) is 16.1. The summed E-state index contributed by atoms with van der Waals surface area (Å²) in [5.74, 6) is 0.425. The van der Waals surface area contributed by atoms with E-state index in [1.54, 1.807) is 60.8 Å². The standard InChI is InChI=1S/C21H21N3O4S/c1-16-6-12-19(13-7-16)29(26,27)24(17-8-10-18(28-2)11-9-17)15-21(25)23-20-5-3-4-14-22-20/h3-14H,15H2,1-2H3,(H,22,23,25). The molecule has 3 rings (SSSR count). The molecule has 150 valence electrons. The van der Waals surface area contributed by atoms with E-state index in [4.69, 9.17) is 4.74 Å². The summed E-state index contributed by atoms with van der Waals surface area (Å²) < 4.78 is 32.8. The van der Waals surface area contributed by atoms with Crippen LogP contribution in [-0.2, 0) is 14.8 Å². The van der Waals surface area contributed by atoms with Gasteiger partial charge in [0, 0.05) is 6.20 Å². The first-order valence-corrected chi connectivity index (χ1v) is 10.3. The fourth-order valence-electron chi connectivity index (χ4n) is 2.65. The number of nitrogens with zero attached hydrogens (tertiary/aromatic N) is 2. The number of ether oxygens (including phenoxy) is 1. The van der Waals surface area contributed by atoms with E-state index in [0.717, 1.165) is 9.87 Å². The SMILES string of the molecule is COc1ccc(N(CC(=O)Nc2ccccn2)S(=O)(=O)c2ccc(C)cc2)cc1. The highest BCUT2D eigenvalue weighted by Crippen LogP contribution is 2.26. The lowest BCUT2D eigenvalue weighted by Crippen LogP contribution is -2.38. The van der Waals surface area contributed by atoms with Crippen molar-refractivity contribution in [3.05, 3.63) is 78.5 Å². The van der Waals surface area contributed by atoms with Crippen molar-refractivity contribution < 1.29 is 17.9 Å².